The number of likely N-dealkylation sites (N-methyl/N-ethyl adjacent to an activating group) is 1. The Labute approximate surface area is 264 Å². The van der Waals surface area contributed by atoms with Crippen molar-refractivity contribution < 1.29 is 22.7 Å². The van der Waals surface area contributed by atoms with Gasteiger partial charge in [-0.05, 0) is 73.8 Å². The lowest BCUT2D eigenvalue weighted by molar-refractivity contribution is -0.126. The van der Waals surface area contributed by atoms with Crippen molar-refractivity contribution in [3.8, 4) is 22.6 Å². The first-order valence-corrected chi connectivity index (χ1v) is 16.1. The number of anilines is 1. The van der Waals surface area contributed by atoms with Gasteiger partial charge < -0.3 is 25.2 Å². The van der Waals surface area contributed by atoms with Gasteiger partial charge in [-0.2, -0.15) is 4.31 Å². The first-order chi connectivity index (χ1) is 21.7. The van der Waals surface area contributed by atoms with Crippen LogP contribution in [0.25, 0.3) is 11.1 Å². The second kappa shape index (κ2) is 14.4. The van der Waals surface area contributed by atoms with Crippen LogP contribution >= 0.6 is 0 Å². The Balaban J connectivity index is 1.29. The predicted molar refractivity (Wildman–Crippen MR) is 175 cm³/mol. The highest BCUT2D eigenvalue weighted by atomic mass is 32.2. The van der Waals surface area contributed by atoms with Crippen molar-refractivity contribution in [2.75, 3.05) is 52.1 Å². The number of sulfonamides is 1. The topological polar surface area (TPSA) is 111 Å². The molecule has 4 aromatic rings. The number of ether oxygens (including phenoxy) is 1. The van der Waals surface area contributed by atoms with Gasteiger partial charge in [-0.15, -0.1) is 0 Å². The first-order valence-electron chi connectivity index (χ1n) is 14.7. The smallest absolute Gasteiger partial charge is 0.321 e. The summed E-state index contributed by atoms with van der Waals surface area (Å²) in [6.07, 6.45) is 0. The third-order valence-electron chi connectivity index (χ3n) is 7.43. The summed E-state index contributed by atoms with van der Waals surface area (Å²) in [5, 5.41) is 5.70. The van der Waals surface area contributed by atoms with Crippen molar-refractivity contribution in [3.63, 3.8) is 0 Å². The molecule has 1 aliphatic heterocycles. The molecule has 45 heavy (non-hydrogen) atoms. The minimum absolute atomic E-state index is 0.0359. The van der Waals surface area contributed by atoms with E-state index in [0.29, 0.717) is 30.3 Å². The molecule has 11 heteroatoms. The third-order valence-corrected chi connectivity index (χ3v) is 9.35. The normalized spacial score (nSPS) is 15.4. The number of para-hydroxylation sites is 1. The summed E-state index contributed by atoms with van der Waals surface area (Å²) in [5.41, 5.74) is 2.40. The van der Waals surface area contributed by atoms with E-state index in [2.05, 4.69) is 10.6 Å². The summed E-state index contributed by atoms with van der Waals surface area (Å²) in [5.74, 6) is 0.856. The summed E-state index contributed by atoms with van der Waals surface area (Å²) in [6, 6.07) is 31.1. The van der Waals surface area contributed by atoms with Gasteiger partial charge in [0.1, 0.15) is 17.5 Å². The molecule has 1 fully saturated rings. The zero-order valence-electron chi connectivity index (χ0n) is 25.3. The van der Waals surface area contributed by atoms with Crippen molar-refractivity contribution in [2.24, 2.45) is 0 Å². The minimum atomic E-state index is -4.05. The van der Waals surface area contributed by atoms with E-state index >= 15 is 0 Å². The van der Waals surface area contributed by atoms with Crippen LogP contribution in [0.3, 0.4) is 0 Å². The van der Waals surface area contributed by atoms with Crippen LogP contribution < -0.4 is 15.4 Å². The van der Waals surface area contributed by atoms with E-state index in [1.165, 1.54) is 9.21 Å². The molecule has 1 aliphatic rings. The quantitative estimate of drug-likeness (QED) is 0.263. The second-order valence-corrected chi connectivity index (χ2v) is 12.8. The summed E-state index contributed by atoms with van der Waals surface area (Å²) in [7, 11) is -0.277. The lowest BCUT2D eigenvalue weighted by Gasteiger charge is -2.39. The molecule has 0 saturated carbocycles. The Morgan fingerprint density at radius 2 is 1.40 bits per heavy atom. The number of hydrogen-bond donors (Lipinski definition) is 2. The SMILES string of the molecule is CN(C)CCNC(=O)C1CN(C(=O)Nc2ccc(Oc3ccccc3)cc2)CCN1S(=O)(=O)c1ccc(-c2ccccc2)cc1. The van der Waals surface area contributed by atoms with Crippen LogP contribution in [0.2, 0.25) is 0 Å². The van der Waals surface area contributed by atoms with Crippen molar-refractivity contribution in [3.05, 3.63) is 109 Å². The van der Waals surface area contributed by atoms with Crippen molar-refractivity contribution in [1.82, 2.24) is 19.4 Å². The molecule has 3 amide bonds. The van der Waals surface area contributed by atoms with Gasteiger partial charge >= 0.3 is 6.03 Å². The number of rotatable bonds is 10. The Bertz CT molecular complexity index is 1680. The molecule has 4 aromatic carbocycles. The van der Waals surface area contributed by atoms with Crippen molar-refractivity contribution in [1.29, 1.82) is 0 Å². The molecule has 5 rings (SSSR count). The molecule has 0 aromatic heterocycles. The van der Waals surface area contributed by atoms with Gasteiger partial charge in [0.2, 0.25) is 15.9 Å². The third kappa shape index (κ3) is 8.07. The highest BCUT2D eigenvalue weighted by Crippen LogP contribution is 2.27. The molecule has 0 aliphatic carbocycles. The summed E-state index contributed by atoms with van der Waals surface area (Å²) in [6.45, 7) is 0.901. The van der Waals surface area contributed by atoms with Gasteiger partial charge in [0.15, 0.2) is 0 Å². The molecular weight excluding hydrogens is 590 g/mol. The highest BCUT2D eigenvalue weighted by molar-refractivity contribution is 7.89. The van der Waals surface area contributed by atoms with E-state index < -0.39 is 28.0 Å². The number of nitrogens with one attached hydrogen (secondary N) is 2. The van der Waals surface area contributed by atoms with E-state index in [4.69, 9.17) is 4.74 Å². The molecule has 0 bridgehead atoms. The maximum Gasteiger partial charge on any atom is 0.321 e. The summed E-state index contributed by atoms with van der Waals surface area (Å²) in [4.78, 5) is 30.2. The monoisotopic (exact) mass is 627 g/mol. The van der Waals surface area contributed by atoms with Gasteiger partial charge in [-0.1, -0.05) is 60.7 Å². The van der Waals surface area contributed by atoms with E-state index in [9.17, 15) is 18.0 Å². The van der Waals surface area contributed by atoms with Crippen LogP contribution in [0.4, 0.5) is 10.5 Å². The molecule has 2 N–H and O–H groups in total. The number of carbonyl (C=O) groups excluding carboxylic acids is 2. The largest absolute Gasteiger partial charge is 0.457 e. The molecule has 1 saturated heterocycles. The Hall–Kier alpha value is -4.71. The molecule has 0 spiro atoms. The maximum atomic E-state index is 13.9. The van der Waals surface area contributed by atoms with Crippen LogP contribution in [0.15, 0.2) is 114 Å². The fraction of sp³-hybridized carbons (Fsp3) is 0.235. The number of amides is 3. The van der Waals surface area contributed by atoms with Crippen molar-refractivity contribution >= 4 is 27.6 Å². The van der Waals surface area contributed by atoms with E-state index in [-0.39, 0.29) is 24.5 Å². The molecular formula is C34H37N5O5S. The number of benzene rings is 4. The molecule has 1 unspecified atom stereocenters. The molecule has 10 nitrogen and oxygen atoms in total. The molecule has 234 valence electrons. The number of piperazine rings is 1. The Morgan fingerprint density at radius 1 is 0.800 bits per heavy atom. The predicted octanol–water partition coefficient (Wildman–Crippen LogP) is 4.73. The van der Waals surface area contributed by atoms with Crippen LogP contribution in [0.1, 0.15) is 0 Å². The van der Waals surface area contributed by atoms with E-state index in [1.54, 1.807) is 48.5 Å². The van der Waals surface area contributed by atoms with E-state index in [0.717, 1.165) is 11.1 Å². The Morgan fingerprint density at radius 3 is 2.04 bits per heavy atom. The fourth-order valence-corrected chi connectivity index (χ4v) is 6.56. The van der Waals surface area contributed by atoms with Gasteiger partial charge in [0.05, 0.1) is 4.90 Å². The Kier molecular flexibility index (Phi) is 10.1. The number of carbonyl (C=O) groups is 2. The van der Waals surface area contributed by atoms with Crippen LogP contribution in [-0.4, -0.2) is 87.3 Å². The summed E-state index contributed by atoms with van der Waals surface area (Å²) >= 11 is 0. The van der Waals surface area contributed by atoms with Crippen LogP contribution in [0, 0.1) is 0 Å². The number of hydrogen-bond acceptors (Lipinski definition) is 6. The average Bonchev–Trinajstić information content (AvgIpc) is 3.06. The van der Waals surface area contributed by atoms with Gasteiger partial charge in [0, 0.05) is 38.4 Å². The summed E-state index contributed by atoms with van der Waals surface area (Å²) < 4.78 is 34.8. The molecule has 0 radical (unpaired) electrons. The number of nitrogens with zero attached hydrogens (tertiary/aromatic N) is 3. The number of urea groups is 1. The van der Waals surface area contributed by atoms with Gasteiger partial charge in [0.25, 0.3) is 0 Å². The van der Waals surface area contributed by atoms with Crippen LogP contribution in [-0.2, 0) is 14.8 Å². The minimum Gasteiger partial charge on any atom is -0.457 e. The first kappa shape index (κ1) is 31.7. The lowest BCUT2D eigenvalue weighted by Crippen LogP contribution is -2.62. The zero-order chi connectivity index (χ0) is 31.8. The van der Waals surface area contributed by atoms with Gasteiger partial charge in [-0.25, -0.2) is 13.2 Å². The second-order valence-electron chi connectivity index (χ2n) is 10.9. The average molecular weight is 628 g/mol. The molecule has 1 atom stereocenters. The van der Waals surface area contributed by atoms with E-state index in [1.807, 2.05) is 79.7 Å². The zero-order valence-corrected chi connectivity index (χ0v) is 26.1. The maximum absolute atomic E-state index is 13.9. The lowest BCUT2D eigenvalue weighted by atomic mass is 10.1. The fourth-order valence-electron chi connectivity index (χ4n) is 4.99. The van der Waals surface area contributed by atoms with Crippen LogP contribution in [0.5, 0.6) is 11.5 Å². The van der Waals surface area contributed by atoms with Crippen molar-refractivity contribution in [2.45, 2.75) is 10.9 Å². The standard InChI is InChI=1S/C34H37N5O5S/c1-37(2)22-21-35-33(40)32-25-38(34(41)36-28-15-17-30(18-16-28)44-29-11-7-4-8-12-29)23-24-39(32)45(42,43)31-19-13-27(14-20-31)26-9-5-3-6-10-26/h3-20,32H,21-25H2,1-2H3,(H,35,40)(H,36,41). The molecule has 1 heterocycles. The highest BCUT2D eigenvalue weighted by Gasteiger charge is 2.41. The van der Waals surface area contributed by atoms with Gasteiger partial charge in [-0.3, -0.25) is 4.79 Å².